The maximum absolute atomic E-state index is 11.3. The number of hydrogen-bond acceptors (Lipinski definition) is 5. The Morgan fingerprint density at radius 1 is 1.13 bits per heavy atom. The Morgan fingerprint density at radius 2 is 1.78 bits per heavy atom. The molecule has 1 saturated heterocycles. The zero-order chi connectivity index (χ0) is 16.4. The largest absolute Gasteiger partial charge is 0.372 e. The van der Waals surface area contributed by atoms with Gasteiger partial charge < -0.3 is 9.64 Å². The van der Waals surface area contributed by atoms with Crippen LogP contribution in [-0.4, -0.2) is 35.2 Å². The van der Waals surface area contributed by atoms with Gasteiger partial charge in [0.25, 0.3) is 5.69 Å². The second kappa shape index (κ2) is 6.34. The first-order chi connectivity index (χ1) is 11.0. The van der Waals surface area contributed by atoms with E-state index in [0.29, 0.717) is 5.69 Å². The first-order valence-corrected chi connectivity index (χ1v) is 7.66. The maximum atomic E-state index is 11.3. The van der Waals surface area contributed by atoms with Gasteiger partial charge in [-0.3, -0.25) is 10.1 Å². The lowest BCUT2D eigenvalue weighted by atomic mass is 10.1. The third-order valence-corrected chi connectivity index (χ3v) is 3.85. The normalized spacial score (nSPS) is 21.2. The lowest BCUT2D eigenvalue weighted by Crippen LogP contribution is -2.45. The Morgan fingerprint density at radius 3 is 2.39 bits per heavy atom. The third kappa shape index (κ3) is 3.32. The number of nitrogens with zero attached hydrogens (tertiary/aromatic N) is 3. The van der Waals surface area contributed by atoms with E-state index >= 15 is 0 Å². The molecule has 6 heteroatoms. The highest BCUT2D eigenvalue weighted by Crippen LogP contribution is 2.31. The van der Waals surface area contributed by atoms with Crippen molar-refractivity contribution in [1.82, 2.24) is 4.98 Å². The topological polar surface area (TPSA) is 68.5 Å². The van der Waals surface area contributed by atoms with Gasteiger partial charge in [0.15, 0.2) is 5.69 Å². The molecule has 0 bridgehead atoms. The van der Waals surface area contributed by atoms with E-state index in [2.05, 4.69) is 9.88 Å². The maximum Gasteiger partial charge on any atom is 0.295 e. The van der Waals surface area contributed by atoms with Gasteiger partial charge in [-0.15, -0.1) is 0 Å². The van der Waals surface area contributed by atoms with Crippen molar-refractivity contribution in [2.45, 2.75) is 26.1 Å². The Labute approximate surface area is 134 Å². The van der Waals surface area contributed by atoms with Gasteiger partial charge in [0.05, 0.1) is 17.1 Å². The molecule has 0 aliphatic carbocycles. The molecule has 6 nitrogen and oxygen atoms in total. The molecular weight excluding hydrogens is 294 g/mol. The fourth-order valence-corrected chi connectivity index (χ4v) is 2.94. The number of benzene rings is 1. The molecule has 0 N–H and O–H groups in total. The van der Waals surface area contributed by atoms with Crippen LogP contribution in [0.5, 0.6) is 0 Å². The number of aromatic nitrogens is 1. The van der Waals surface area contributed by atoms with E-state index in [1.807, 2.05) is 44.2 Å². The zero-order valence-electron chi connectivity index (χ0n) is 13.2. The summed E-state index contributed by atoms with van der Waals surface area (Å²) >= 11 is 0. The van der Waals surface area contributed by atoms with E-state index < -0.39 is 0 Å². The standard InChI is InChI=1S/C17H19N3O3/c1-12-10-19(11-13(2)23-12)16-9-8-15(20(21)22)17(18-16)14-6-4-3-5-7-14/h3-9,12-13H,10-11H2,1-2H3. The minimum Gasteiger partial charge on any atom is -0.372 e. The second-order valence-electron chi connectivity index (χ2n) is 5.82. The highest BCUT2D eigenvalue weighted by atomic mass is 16.6. The Hall–Kier alpha value is -2.47. The van der Waals surface area contributed by atoms with Crippen LogP contribution < -0.4 is 4.90 Å². The minimum absolute atomic E-state index is 0.0225. The number of pyridine rings is 1. The molecule has 3 rings (SSSR count). The number of nitro groups is 1. The molecule has 2 heterocycles. The summed E-state index contributed by atoms with van der Waals surface area (Å²) in [7, 11) is 0. The van der Waals surface area contributed by atoms with Crippen molar-refractivity contribution in [2.24, 2.45) is 0 Å². The summed E-state index contributed by atoms with van der Waals surface area (Å²) in [6.07, 6.45) is 0.215. The van der Waals surface area contributed by atoms with Gasteiger partial charge in [0.1, 0.15) is 5.82 Å². The number of hydrogen-bond donors (Lipinski definition) is 0. The van der Waals surface area contributed by atoms with E-state index in [4.69, 9.17) is 4.74 Å². The van der Waals surface area contributed by atoms with Crippen molar-refractivity contribution in [1.29, 1.82) is 0 Å². The molecule has 0 spiro atoms. The lowest BCUT2D eigenvalue weighted by Gasteiger charge is -2.36. The Kier molecular flexibility index (Phi) is 4.25. The van der Waals surface area contributed by atoms with Crippen LogP contribution in [-0.2, 0) is 4.74 Å². The summed E-state index contributed by atoms with van der Waals surface area (Å²) in [5, 5.41) is 11.3. The van der Waals surface area contributed by atoms with Crippen molar-refractivity contribution < 1.29 is 9.66 Å². The third-order valence-electron chi connectivity index (χ3n) is 3.85. The molecule has 0 radical (unpaired) electrons. The highest BCUT2D eigenvalue weighted by Gasteiger charge is 2.25. The van der Waals surface area contributed by atoms with Gasteiger partial charge in [-0.25, -0.2) is 4.98 Å². The molecule has 1 aromatic carbocycles. The van der Waals surface area contributed by atoms with Crippen LogP contribution in [0.3, 0.4) is 0 Å². The minimum atomic E-state index is -0.385. The molecule has 23 heavy (non-hydrogen) atoms. The van der Waals surface area contributed by atoms with Crippen LogP contribution in [0.2, 0.25) is 0 Å². The monoisotopic (exact) mass is 313 g/mol. The second-order valence-corrected chi connectivity index (χ2v) is 5.82. The van der Waals surface area contributed by atoms with Crippen molar-refractivity contribution in [3.8, 4) is 11.3 Å². The molecular formula is C17H19N3O3. The van der Waals surface area contributed by atoms with Crippen molar-refractivity contribution in [2.75, 3.05) is 18.0 Å². The summed E-state index contributed by atoms with van der Waals surface area (Å²) < 4.78 is 5.74. The van der Waals surface area contributed by atoms with Crippen LogP contribution in [0.25, 0.3) is 11.3 Å². The lowest BCUT2D eigenvalue weighted by molar-refractivity contribution is -0.384. The molecule has 1 fully saturated rings. The number of anilines is 1. The molecule has 2 aromatic rings. The summed E-state index contributed by atoms with van der Waals surface area (Å²) in [5.74, 6) is 0.747. The Balaban J connectivity index is 2.02. The molecule has 120 valence electrons. The highest BCUT2D eigenvalue weighted by molar-refractivity contribution is 5.71. The van der Waals surface area contributed by atoms with Crippen LogP contribution in [0, 0.1) is 10.1 Å². The number of rotatable bonds is 3. The van der Waals surface area contributed by atoms with Crippen LogP contribution in [0.4, 0.5) is 11.5 Å². The first kappa shape index (κ1) is 15.4. The molecule has 0 saturated carbocycles. The van der Waals surface area contributed by atoms with Gasteiger partial charge >= 0.3 is 0 Å². The van der Waals surface area contributed by atoms with E-state index in [9.17, 15) is 10.1 Å². The Bertz CT molecular complexity index is 695. The summed E-state index contributed by atoms with van der Waals surface area (Å²) in [5.41, 5.74) is 1.17. The van der Waals surface area contributed by atoms with Crippen molar-refractivity contribution in [3.63, 3.8) is 0 Å². The number of ether oxygens (including phenoxy) is 1. The van der Waals surface area contributed by atoms with Gasteiger partial charge in [-0.05, 0) is 19.9 Å². The number of morpholine rings is 1. The fraction of sp³-hybridized carbons (Fsp3) is 0.353. The fourth-order valence-electron chi connectivity index (χ4n) is 2.94. The molecule has 1 aliphatic rings. The average Bonchev–Trinajstić information content (AvgIpc) is 2.54. The van der Waals surface area contributed by atoms with Gasteiger partial charge in [-0.1, -0.05) is 30.3 Å². The SMILES string of the molecule is CC1CN(c2ccc([N+](=O)[O-])c(-c3ccccc3)n2)CC(C)O1. The molecule has 1 aromatic heterocycles. The van der Waals surface area contributed by atoms with Gasteiger partial charge in [-0.2, -0.15) is 0 Å². The molecule has 0 amide bonds. The smallest absolute Gasteiger partial charge is 0.295 e. The van der Waals surface area contributed by atoms with Crippen LogP contribution >= 0.6 is 0 Å². The molecule has 2 unspecified atom stereocenters. The van der Waals surface area contributed by atoms with Gasteiger partial charge in [0.2, 0.25) is 0 Å². The van der Waals surface area contributed by atoms with E-state index in [1.165, 1.54) is 6.07 Å². The van der Waals surface area contributed by atoms with Crippen molar-refractivity contribution >= 4 is 11.5 Å². The van der Waals surface area contributed by atoms with Crippen molar-refractivity contribution in [3.05, 3.63) is 52.6 Å². The van der Waals surface area contributed by atoms with Crippen LogP contribution in [0.15, 0.2) is 42.5 Å². The van der Waals surface area contributed by atoms with E-state index in [-0.39, 0.29) is 22.8 Å². The average molecular weight is 313 g/mol. The summed E-state index contributed by atoms with van der Waals surface area (Å²) in [6, 6.07) is 12.5. The molecule has 1 aliphatic heterocycles. The van der Waals surface area contributed by atoms with E-state index in [0.717, 1.165) is 24.5 Å². The van der Waals surface area contributed by atoms with E-state index in [1.54, 1.807) is 6.07 Å². The predicted molar refractivity (Wildman–Crippen MR) is 88.5 cm³/mol. The summed E-state index contributed by atoms with van der Waals surface area (Å²) in [4.78, 5) is 17.6. The zero-order valence-corrected chi connectivity index (χ0v) is 13.2. The molecule has 2 atom stereocenters. The quantitative estimate of drug-likeness (QED) is 0.642. The summed E-state index contributed by atoms with van der Waals surface area (Å²) in [6.45, 7) is 5.49. The predicted octanol–water partition coefficient (Wildman–Crippen LogP) is 3.27. The van der Waals surface area contributed by atoms with Gasteiger partial charge in [0, 0.05) is 24.7 Å². The van der Waals surface area contributed by atoms with Crippen LogP contribution in [0.1, 0.15) is 13.8 Å². The first-order valence-electron chi connectivity index (χ1n) is 7.66.